The average molecular weight is 257 g/mol. The monoisotopic (exact) mass is 257 g/mol. The molecule has 0 unspecified atom stereocenters. The van der Waals surface area contributed by atoms with Gasteiger partial charge in [0.05, 0.1) is 5.69 Å². The van der Waals surface area contributed by atoms with Crippen LogP contribution in [0.5, 0.6) is 0 Å². The molecule has 0 saturated carbocycles. The Balaban J connectivity index is 2.39. The zero-order chi connectivity index (χ0) is 13.1. The molecule has 0 atom stereocenters. The summed E-state index contributed by atoms with van der Waals surface area (Å²) in [5.74, 6) is 0. The predicted octanol–water partition coefficient (Wildman–Crippen LogP) is 4.52. The number of hydrogen-bond donors (Lipinski definition) is 0. The van der Waals surface area contributed by atoms with Crippen LogP contribution in [-0.4, -0.2) is 10.8 Å². The average Bonchev–Trinajstić information content (AvgIpc) is 2.66. The molecule has 0 spiro atoms. The molecule has 0 fully saturated rings. The lowest BCUT2D eigenvalue weighted by Crippen LogP contribution is -2.04. The number of thioether (sulfide) groups is 1. The van der Waals surface area contributed by atoms with E-state index in [4.69, 9.17) is 0 Å². The molecule has 0 saturated heterocycles. The molecule has 1 heterocycles. The standard InChI is InChI=1S/C16H19NS/c1-5-15-16(18-4)10-13(3)17(15)11-14-8-6-7-12(2)9-14/h5-10H,1,11H2,2-4H3. The number of rotatable bonds is 4. The summed E-state index contributed by atoms with van der Waals surface area (Å²) in [5.41, 5.74) is 5.16. The second-order valence-electron chi connectivity index (χ2n) is 4.52. The SMILES string of the molecule is C=Cc1c(SC)cc(C)n1Cc1cccc(C)c1. The molecule has 2 aromatic rings. The van der Waals surface area contributed by atoms with Gasteiger partial charge in [-0.25, -0.2) is 0 Å². The van der Waals surface area contributed by atoms with E-state index in [1.54, 1.807) is 11.8 Å². The minimum absolute atomic E-state index is 0.912. The number of hydrogen-bond acceptors (Lipinski definition) is 1. The summed E-state index contributed by atoms with van der Waals surface area (Å²) in [4.78, 5) is 1.30. The quantitative estimate of drug-likeness (QED) is 0.729. The van der Waals surface area contributed by atoms with E-state index >= 15 is 0 Å². The summed E-state index contributed by atoms with van der Waals surface area (Å²) in [5, 5.41) is 0. The number of aryl methyl sites for hydroxylation is 2. The third-order valence-electron chi connectivity index (χ3n) is 3.15. The van der Waals surface area contributed by atoms with Gasteiger partial charge in [0.1, 0.15) is 0 Å². The Bertz CT molecular complexity index is 566. The third kappa shape index (κ3) is 2.54. The molecule has 0 N–H and O–H groups in total. The van der Waals surface area contributed by atoms with Crippen molar-refractivity contribution in [1.82, 2.24) is 4.57 Å². The first-order chi connectivity index (χ1) is 8.65. The van der Waals surface area contributed by atoms with Crippen LogP contribution in [0.15, 0.2) is 41.8 Å². The second-order valence-corrected chi connectivity index (χ2v) is 5.37. The first kappa shape index (κ1) is 13.0. The van der Waals surface area contributed by atoms with E-state index in [9.17, 15) is 0 Å². The molecule has 94 valence electrons. The van der Waals surface area contributed by atoms with Gasteiger partial charge in [-0.05, 0) is 37.8 Å². The first-order valence-electron chi connectivity index (χ1n) is 6.08. The molecule has 0 aliphatic carbocycles. The van der Waals surface area contributed by atoms with E-state index in [-0.39, 0.29) is 0 Å². The van der Waals surface area contributed by atoms with Gasteiger partial charge in [0.15, 0.2) is 0 Å². The summed E-state index contributed by atoms with van der Waals surface area (Å²) in [6.07, 6.45) is 4.06. The minimum Gasteiger partial charge on any atom is -0.340 e. The molecule has 1 aromatic carbocycles. The Morgan fingerprint density at radius 3 is 2.67 bits per heavy atom. The second kappa shape index (κ2) is 5.49. The smallest absolute Gasteiger partial charge is 0.0544 e. The molecule has 2 rings (SSSR count). The highest BCUT2D eigenvalue weighted by molar-refractivity contribution is 7.98. The third-order valence-corrected chi connectivity index (χ3v) is 3.91. The van der Waals surface area contributed by atoms with Gasteiger partial charge in [-0.3, -0.25) is 0 Å². The molecule has 1 nitrogen and oxygen atoms in total. The maximum absolute atomic E-state index is 3.94. The molecule has 0 radical (unpaired) electrons. The van der Waals surface area contributed by atoms with Gasteiger partial charge in [-0.2, -0.15) is 0 Å². The molecule has 2 heteroatoms. The van der Waals surface area contributed by atoms with Gasteiger partial charge in [0.2, 0.25) is 0 Å². The van der Waals surface area contributed by atoms with E-state index in [0.717, 1.165) is 6.54 Å². The van der Waals surface area contributed by atoms with Crippen molar-refractivity contribution >= 4 is 17.8 Å². The van der Waals surface area contributed by atoms with Gasteiger partial charge in [0.25, 0.3) is 0 Å². The Labute approximate surface area is 114 Å². The zero-order valence-corrected chi connectivity index (χ0v) is 12.1. The van der Waals surface area contributed by atoms with Crippen molar-refractivity contribution in [3.63, 3.8) is 0 Å². The van der Waals surface area contributed by atoms with Crippen LogP contribution in [0.4, 0.5) is 0 Å². The molecular formula is C16H19NS. The summed E-state index contributed by atoms with van der Waals surface area (Å²) in [6, 6.07) is 10.9. The number of aromatic nitrogens is 1. The van der Waals surface area contributed by atoms with E-state index in [1.807, 2.05) is 6.08 Å². The molecule has 1 aromatic heterocycles. The lowest BCUT2D eigenvalue weighted by molar-refractivity contribution is 0.764. The first-order valence-corrected chi connectivity index (χ1v) is 7.30. The summed E-state index contributed by atoms with van der Waals surface area (Å²) in [6.45, 7) is 9.14. The van der Waals surface area contributed by atoms with Crippen LogP contribution in [0.1, 0.15) is 22.5 Å². The normalized spacial score (nSPS) is 10.6. The fourth-order valence-electron chi connectivity index (χ4n) is 2.24. The Morgan fingerprint density at radius 2 is 2.06 bits per heavy atom. The highest BCUT2D eigenvalue weighted by Crippen LogP contribution is 2.26. The van der Waals surface area contributed by atoms with Crippen molar-refractivity contribution in [1.29, 1.82) is 0 Å². The van der Waals surface area contributed by atoms with Crippen molar-refractivity contribution in [2.24, 2.45) is 0 Å². The number of benzene rings is 1. The maximum atomic E-state index is 3.94. The summed E-state index contributed by atoms with van der Waals surface area (Å²) in [7, 11) is 0. The Morgan fingerprint density at radius 1 is 1.28 bits per heavy atom. The molecule has 0 aliphatic rings. The van der Waals surface area contributed by atoms with Crippen LogP contribution in [-0.2, 0) is 6.54 Å². The van der Waals surface area contributed by atoms with E-state index in [2.05, 4.69) is 61.6 Å². The van der Waals surface area contributed by atoms with Gasteiger partial charge in [-0.15, -0.1) is 11.8 Å². The van der Waals surface area contributed by atoms with Crippen LogP contribution in [0.2, 0.25) is 0 Å². The van der Waals surface area contributed by atoms with Crippen molar-refractivity contribution in [3.8, 4) is 0 Å². The summed E-state index contributed by atoms with van der Waals surface area (Å²) < 4.78 is 2.33. The molecule has 18 heavy (non-hydrogen) atoms. The lowest BCUT2D eigenvalue weighted by Gasteiger charge is -2.10. The zero-order valence-electron chi connectivity index (χ0n) is 11.2. The highest BCUT2D eigenvalue weighted by Gasteiger charge is 2.09. The van der Waals surface area contributed by atoms with Gasteiger partial charge >= 0.3 is 0 Å². The largest absolute Gasteiger partial charge is 0.340 e. The molecular weight excluding hydrogens is 238 g/mol. The maximum Gasteiger partial charge on any atom is 0.0544 e. The van der Waals surface area contributed by atoms with Crippen molar-refractivity contribution < 1.29 is 0 Å². The fraction of sp³-hybridized carbons (Fsp3) is 0.250. The van der Waals surface area contributed by atoms with E-state index in [0.29, 0.717) is 0 Å². The Hall–Kier alpha value is -1.41. The van der Waals surface area contributed by atoms with Crippen LogP contribution in [0.25, 0.3) is 6.08 Å². The highest BCUT2D eigenvalue weighted by atomic mass is 32.2. The summed E-state index contributed by atoms with van der Waals surface area (Å²) >= 11 is 1.78. The van der Waals surface area contributed by atoms with Crippen molar-refractivity contribution in [2.75, 3.05) is 6.26 Å². The molecule has 0 aliphatic heterocycles. The predicted molar refractivity (Wildman–Crippen MR) is 81.3 cm³/mol. The topological polar surface area (TPSA) is 4.93 Å². The van der Waals surface area contributed by atoms with E-state index < -0.39 is 0 Å². The van der Waals surface area contributed by atoms with Crippen LogP contribution in [0, 0.1) is 13.8 Å². The van der Waals surface area contributed by atoms with Crippen molar-refractivity contribution in [3.05, 3.63) is 59.4 Å². The van der Waals surface area contributed by atoms with Crippen LogP contribution >= 0.6 is 11.8 Å². The van der Waals surface area contributed by atoms with Crippen LogP contribution < -0.4 is 0 Å². The van der Waals surface area contributed by atoms with Gasteiger partial charge in [-0.1, -0.05) is 36.4 Å². The number of nitrogens with zero attached hydrogens (tertiary/aromatic N) is 1. The minimum atomic E-state index is 0.912. The fourth-order valence-corrected chi connectivity index (χ4v) is 2.93. The molecule has 0 bridgehead atoms. The van der Waals surface area contributed by atoms with Gasteiger partial charge < -0.3 is 4.57 Å². The van der Waals surface area contributed by atoms with Gasteiger partial charge in [0, 0.05) is 17.1 Å². The van der Waals surface area contributed by atoms with E-state index in [1.165, 1.54) is 27.4 Å². The van der Waals surface area contributed by atoms with Crippen molar-refractivity contribution in [2.45, 2.75) is 25.3 Å². The Kier molecular flexibility index (Phi) is 3.97. The van der Waals surface area contributed by atoms with Crippen LogP contribution in [0.3, 0.4) is 0 Å². The lowest BCUT2D eigenvalue weighted by atomic mass is 10.1. The molecule has 0 amide bonds.